The lowest BCUT2D eigenvalue weighted by Gasteiger charge is -2.28. The van der Waals surface area contributed by atoms with E-state index in [4.69, 9.17) is 10.5 Å². The molecule has 2 rings (SSSR count). The lowest BCUT2D eigenvalue weighted by molar-refractivity contribution is 0.139. The molecule has 1 fully saturated rings. The van der Waals surface area contributed by atoms with E-state index < -0.39 is 17.2 Å². The molecule has 0 amide bonds. The number of rotatable bonds is 1. The summed E-state index contributed by atoms with van der Waals surface area (Å²) in [6.07, 6.45) is 2.10. The van der Waals surface area contributed by atoms with Crippen LogP contribution >= 0.6 is 0 Å². The molecule has 0 bridgehead atoms. The number of hydrogen-bond donors (Lipinski definition) is 1. The van der Waals surface area contributed by atoms with Crippen LogP contribution in [0.25, 0.3) is 0 Å². The van der Waals surface area contributed by atoms with E-state index in [1.165, 1.54) is 12.1 Å². The Morgan fingerprint density at radius 3 is 2.44 bits per heavy atom. The topological polar surface area (TPSA) is 35.2 Å². The second-order valence-electron chi connectivity index (χ2n) is 4.28. The lowest BCUT2D eigenvalue weighted by atomic mass is 9.84. The quantitative estimate of drug-likeness (QED) is 0.799. The standard InChI is InChI=1S/C12H15F2NO/c13-10-6-9(7-11(14)8-10)12(15)2-1-4-16-5-3-12/h6-8H,1-5,15H2. The Morgan fingerprint density at radius 2 is 1.75 bits per heavy atom. The van der Waals surface area contributed by atoms with Crippen molar-refractivity contribution in [2.24, 2.45) is 5.73 Å². The number of benzene rings is 1. The Balaban J connectivity index is 2.32. The van der Waals surface area contributed by atoms with Crippen LogP contribution in [0.3, 0.4) is 0 Å². The third kappa shape index (κ3) is 2.39. The Hall–Kier alpha value is -1.00. The van der Waals surface area contributed by atoms with Crippen molar-refractivity contribution in [3.63, 3.8) is 0 Å². The van der Waals surface area contributed by atoms with Gasteiger partial charge in [0.15, 0.2) is 0 Å². The maximum absolute atomic E-state index is 13.1. The summed E-state index contributed by atoms with van der Waals surface area (Å²) in [7, 11) is 0. The molecule has 2 N–H and O–H groups in total. The first-order valence-electron chi connectivity index (χ1n) is 5.43. The van der Waals surface area contributed by atoms with Crippen LogP contribution in [-0.2, 0) is 10.3 Å². The van der Waals surface area contributed by atoms with E-state index in [0.29, 0.717) is 31.6 Å². The highest BCUT2D eigenvalue weighted by Crippen LogP contribution is 2.30. The van der Waals surface area contributed by atoms with Crippen LogP contribution in [0.5, 0.6) is 0 Å². The van der Waals surface area contributed by atoms with Crippen LogP contribution in [0, 0.1) is 11.6 Å². The largest absolute Gasteiger partial charge is 0.381 e. The molecule has 1 unspecified atom stereocenters. The molecule has 16 heavy (non-hydrogen) atoms. The third-order valence-corrected chi connectivity index (χ3v) is 3.04. The molecule has 1 aliphatic heterocycles. The molecule has 2 nitrogen and oxygen atoms in total. The van der Waals surface area contributed by atoms with E-state index >= 15 is 0 Å². The van der Waals surface area contributed by atoms with Crippen molar-refractivity contribution in [1.82, 2.24) is 0 Å². The fraction of sp³-hybridized carbons (Fsp3) is 0.500. The van der Waals surface area contributed by atoms with Crippen LogP contribution in [-0.4, -0.2) is 13.2 Å². The summed E-state index contributed by atoms with van der Waals surface area (Å²) in [6, 6.07) is 3.49. The van der Waals surface area contributed by atoms with Gasteiger partial charge in [-0.2, -0.15) is 0 Å². The molecule has 1 aromatic carbocycles. The molecule has 1 atom stereocenters. The molecule has 0 radical (unpaired) electrons. The average Bonchev–Trinajstić information content (AvgIpc) is 2.43. The van der Waals surface area contributed by atoms with Gasteiger partial charge >= 0.3 is 0 Å². The van der Waals surface area contributed by atoms with Gasteiger partial charge in [0.25, 0.3) is 0 Å². The predicted octanol–water partition coefficient (Wildman–Crippen LogP) is 2.32. The molecule has 1 heterocycles. The maximum Gasteiger partial charge on any atom is 0.126 e. The molecule has 1 aromatic rings. The Kier molecular flexibility index (Phi) is 3.21. The van der Waals surface area contributed by atoms with Crippen LogP contribution in [0.15, 0.2) is 18.2 Å². The second-order valence-corrected chi connectivity index (χ2v) is 4.28. The number of ether oxygens (including phenoxy) is 1. The highest BCUT2D eigenvalue weighted by molar-refractivity contribution is 5.26. The van der Waals surface area contributed by atoms with Gasteiger partial charge < -0.3 is 10.5 Å². The fourth-order valence-corrected chi connectivity index (χ4v) is 2.10. The van der Waals surface area contributed by atoms with Gasteiger partial charge in [0, 0.05) is 24.8 Å². The molecule has 4 heteroatoms. The highest BCUT2D eigenvalue weighted by Gasteiger charge is 2.29. The predicted molar refractivity (Wildman–Crippen MR) is 56.9 cm³/mol. The Bertz CT molecular complexity index is 353. The van der Waals surface area contributed by atoms with Crippen LogP contribution in [0.4, 0.5) is 8.78 Å². The van der Waals surface area contributed by atoms with Crippen molar-refractivity contribution in [3.8, 4) is 0 Å². The van der Waals surface area contributed by atoms with Crippen molar-refractivity contribution >= 4 is 0 Å². The molecule has 0 saturated carbocycles. The summed E-state index contributed by atoms with van der Waals surface area (Å²) in [4.78, 5) is 0. The summed E-state index contributed by atoms with van der Waals surface area (Å²) in [5.41, 5.74) is 6.06. The highest BCUT2D eigenvalue weighted by atomic mass is 19.1. The summed E-state index contributed by atoms with van der Waals surface area (Å²) in [5.74, 6) is -1.16. The zero-order valence-electron chi connectivity index (χ0n) is 9.01. The third-order valence-electron chi connectivity index (χ3n) is 3.04. The van der Waals surface area contributed by atoms with Crippen molar-refractivity contribution in [1.29, 1.82) is 0 Å². The SMILES string of the molecule is NC1(c2cc(F)cc(F)c2)CCCOCC1. The lowest BCUT2D eigenvalue weighted by Crippen LogP contribution is -2.37. The van der Waals surface area contributed by atoms with Gasteiger partial charge in [-0.25, -0.2) is 8.78 Å². The molecule has 88 valence electrons. The molecule has 1 saturated heterocycles. The molecular weight excluding hydrogens is 212 g/mol. The first-order chi connectivity index (χ1) is 7.60. The number of hydrogen-bond acceptors (Lipinski definition) is 2. The van der Waals surface area contributed by atoms with E-state index in [9.17, 15) is 8.78 Å². The van der Waals surface area contributed by atoms with Crippen LogP contribution < -0.4 is 5.73 Å². The summed E-state index contributed by atoms with van der Waals surface area (Å²) >= 11 is 0. The monoisotopic (exact) mass is 227 g/mol. The van der Waals surface area contributed by atoms with Crippen molar-refractivity contribution in [2.75, 3.05) is 13.2 Å². The van der Waals surface area contributed by atoms with Crippen molar-refractivity contribution < 1.29 is 13.5 Å². The van der Waals surface area contributed by atoms with E-state index in [1.54, 1.807) is 0 Å². The van der Waals surface area contributed by atoms with Crippen molar-refractivity contribution in [3.05, 3.63) is 35.4 Å². The van der Waals surface area contributed by atoms with Crippen LogP contribution in [0.2, 0.25) is 0 Å². The van der Waals surface area contributed by atoms with Gasteiger partial charge in [-0.3, -0.25) is 0 Å². The first-order valence-corrected chi connectivity index (χ1v) is 5.43. The zero-order chi connectivity index (χ0) is 11.6. The average molecular weight is 227 g/mol. The van der Waals surface area contributed by atoms with Gasteiger partial charge in [-0.05, 0) is 37.0 Å². The zero-order valence-corrected chi connectivity index (χ0v) is 9.01. The smallest absolute Gasteiger partial charge is 0.126 e. The van der Waals surface area contributed by atoms with E-state index in [1.807, 2.05) is 0 Å². The van der Waals surface area contributed by atoms with Gasteiger partial charge in [-0.15, -0.1) is 0 Å². The molecule has 0 aromatic heterocycles. The maximum atomic E-state index is 13.1. The number of halogens is 2. The molecular formula is C12H15F2NO. The molecule has 0 aliphatic carbocycles. The van der Waals surface area contributed by atoms with Gasteiger partial charge in [0.05, 0.1) is 0 Å². The summed E-state index contributed by atoms with van der Waals surface area (Å²) in [5, 5.41) is 0. The van der Waals surface area contributed by atoms with Gasteiger partial charge in [0.2, 0.25) is 0 Å². The van der Waals surface area contributed by atoms with E-state index in [2.05, 4.69) is 0 Å². The minimum absolute atomic E-state index is 0.524. The molecule has 1 aliphatic rings. The van der Waals surface area contributed by atoms with Crippen LogP contribution in [0.1, 0.15) is 24.8 Å². The van der Waals surface area contributed by atoms with Gasteiger partial charge in [-0.1, -0.05) is 0 Å². The minimum atomic E-state index is -0.667. The Morgan fingerprint density at radius 1 is 1.06 bits per heavy atom. The fourth-order valence-electron chi connectivity index (χ4n) is 2.10. The van der Waals surface area contributed by atoms with E-state index in [0.717, 1.165) is 12.5 Å². The minimum Gasteiger partial charge on any atom is -0.381 e. The Labute approximate surface area is 93.4 Å². The number of nitrogens with two attached hydrogens (primary N) is 1. The molecule has 0 spiro atoms. The first kappa shape index (κ1) is 11.5. The van der Waals surface area contributed by atoms with Gasteiger partial charge in [0.1, 0.15) is 11.6 Å². The second kappa shape index (κ2) is 4.47. The van der Waals surface area contributed by atoms with E-state index in [-0.39, 0.29) is 0 Å². The summed E-state index contributed by atoms with van der Waals surface area (Å²) in [6.45, 7) is 1.20. The summed E-state index contributed by atoms with van der Waals surface area (Å²) < 4.78 is 31.6. The normalized spacial score (nSPS) is 26.4. The van der Waals surface area contributed by atoms with Crippen molar-refractivity contribution in [2.45, 2.75) is 24.8 Å².